The quantitative estimate of drug-likeness (QED) is 0.774. The van der Waals surface area contributed by atoms with Crippen LogP contribution >= 0.6 is 0 Å². The summed E-state index contributed by atoms with van der Waals surface area (Å²) in [4.78, 5) is 26.9. The summed E-state index contributed by atoms with van der Waals surface area (Å²) in [5.41, 5.74) is 1.90. The number of para-hydroxylation sites is 1. The molecule has 1 aliphatic rings. The van der Waals surface area contributed by atoms with Crippen LogP contribution in [0.25, 0.3) is 0 Å². The van der Waals surface area contributed by atoms with Crippen molar-refractivity contribution >= 4 is 17.5 Å². The number of anilines is 1. The highest BCUT2D eigenvalue weighted by molar-refractivity contribution is 6.02. The predicted molar refractivity (Wildman–Crippen MR) is 99.4 cm³/mol. The van der Waals surface area contributed by atoms with E-state index in [1.165, 1.54) is 0 Å². The first kappa shape index (κ1) is 17.1. The summed E-state index contributed by atoms with van der Waals surface area (Å²) in [7, 11) is 0. The molecule has 0 aliphatic carbocycles. The first-order valence-electron chi connectivity index (χ1n) is 8.89. The number of hydrogen-bond acceptors (Lipinski definition) is 4. The molecule has 0 bridgehead atoms. The topological polar surface area (TPSA) is 80.4 Å². The van der Waals surface area contributed by atoms with E-state index in [0.29, 0.717) is 36.8 Å². The Kier molecular flexibility index (Phi) is 4.50. The normalized spacial score (nSPS) is 13.7. The average molecular weight is 364 g/mol. The Bertz CT molecular complexity index is 974. The molecule has 0 saturated heterocycles. The number of fused-ring (bicyclic) bond motifs is 1. The molecule has 1 N–H and O–H groups in total. The van der Waals surface area contributed by atoms with Crippen LogP contribution in [0.4, 0.5) is 5.69 Å². The van der Waals surface area contributed by atoms with Crippen molar-refractivity contribution < 1.29 is 14.0 Å². The minimum absolute atomic E-state index is 0.145. The second-order valence-corrected chi connectivity index (χ2v) is 6.55. The molecule has 0 saturated carbocycles. The summed E-state index contributed by atoms with van der Waals surface area (Å²) in [5, 5.41) is 7.26. The van der Waals surface area contributed by atoms with Crippen LogP contribution in [-0.2, 0) is 13.1 Å². The molecule has 2 amide bonds. The van der Waals surface area contributed by atoms with E-state index in [1.807, 2.05) is 37.3 Å². The van der Waals surface area contributed by atoms with Crippen LogP contribution in [0.2, 0.25) is 0 Å². The summed E-state index contributed by atoms with van der Waals surface area (Å²) in [6, 6.07) is 14.5. The second kappa shape index (κ2) is 7.11. The van der Waals surface area contributed by atoms with Gasteiger partial charge >= 0.3 is 0 Å². The van der Waals surface area contributed by atoms with Gasteiger partial charge in [-0.25, -0.2) is 0 Å². The Labute approximate surface area is 156 Å². The van der Waals surface area contributed by atoms with Crippen LogP contribution in [-0.4, -0.2) is 33.0 Å². The van der Waals surface area contributed by atoms with E-state index in [1.54, 1.807) is 27.8 Å². The van der Waals surface area contributed by atoms with Gasteiger partial charge in [-0.3, -0.25) is 14.3 Å². The van der Waals surface area contributed by atoms with Crippen molar-refractivity contribution in [2.75, 3.05) is 11.9 Å². The van der Waals surface area contributed by atoms with Gasteiger partial charge in [0.2, 0.25) is 0 Å². The maximum absolute atomic E-state index is 12.7. The van der Waals surface area contributed by atoms with Crippen molar-refractivity contribution in [3.05, 3.63) is 71.4 Å². The fourth-order valence-corrected chi connectivity index (χ4v) is 3.17. The average Bonchev–Trinajstić information content (AvgIpc) is 3.23. The number of nitrogens with zero attached hydrogens (tertiary/aromatic N) is 3. The number of carbonyl (C=O) groups excluding carboxylic acids is 2. The van der Waals surface area contributed by atoms with E-state index in [4.69, 9.17) is 4.42 Å². The standard InChI is InChI=1S/C20H20N4O3/c1-14-8-9-18(27-14)20(26)23-10-5-11-24-16(13-23)12-17(22-24)19(25)21-15-6-3-2-4-7-15/h2-4,6-9,12H,5,10-11,13H2,1H3,(H,21,25). The predicted octanol–water partition coefficient (Wildman–Crippen LogP) is 3.08. The fourth-order valence-electron chi connectivity index (χ4n) is 3.17. The molecule has 3 aromatic rings. The number of aromatic nitrogens is 2. The smallest absolute Gasteiger partial charge is 0.289 e. The number of nitrogens with one attached hydrogen (secondary N) is 1. The third kappa shape index (κ3) is 3.62. The van der Waals surface area contributed by atoms with Gasteiger partial charge in [0.15, 0.2) is 11.5 Å². The zero-order valence-electron chi connectivity index (χ0n) is 15.0. The molecule has 27 heavy (non-hydrogen) atoms. The van der Waals surface area contributed by atoms with Gasteiger partial charge in [0.05, 0.1) is 12.2 Å². The molecule has 138 valence electrons. The molecule has 1 aliphatic heterocycles. The first-order valence-corrected chi connectivity index (χ1v) is 8.89. The van der Waals surface area contributed by atoms with Gasteiger partial charge in [-0.05, 0) is 43.7 Å². The number of benzene rings is 1. The molecule has 0 fully saturated rings. The maximum Gasteiger partial charge on any atom is 0.289 e. The van der Waals surface area contributed by atoms with Crippen molar-refractivity contribution in [2.45, 2.75) is 26.4 Å². The van der Waals surface area contributed by atoms with Crippen LogP contribution < -0.4 is 5.32 Å². The van der Waals surface area contributed by atoms with Crippen molar-refractivity contribution in [1.82, 2.24) is 14.7 Å². The van der Waals surface area contributed by atoms with Crippen LogP contribution in [0.5, 0.6) is 0 Å². The van der Waals surface area contributed by atoms with Gasteiger partial charge in [0, 0.05) is 18.8 Å². The molecule has 7 heteroatoms. The van der Waals surface area contributed by atoms with Gasteiger partial charge in [0.1, 0.15) is 5.76 Å². The molecule has 3 heterocycles. The molecular weight excluding hydrogens is 344 g/mol. The van der Waals surface area contributed by atoms with Gasteiger partial charge < -0.3 is 14.6 Å². The Balaban J connectivity index is 1.51. The lowest BCUT2D eigenvalue weighted by Crippen LogP contribution is -2.30. The number of furan rings is 1. The molecule has 4 rings (SSSR count). The molecule has 0 atom stereocenters. The van der Waals surface area contributed by atoms with Crippen LogP contribution in [0.1, 0.15) is 38.9 Å². The summed E-state index contributed by atoms with van der Waals surface area (Å²) < 4.78 is 7.27. The van der Waals surface area contributed by atoms with E-state index in [-0.39, 0.29) is 11.8 Å². The lowest BCUT2D eigenvalue weighted by atomic mass is 10.2. The van der Waals surface area contributed by atoms with E-state index >= 15 is 0 Å². The lowest BCUT2D eigenvalue weighted by Gasteiger charge is -2.18. The summed E-state index contributed by atoms with van der Waals surface area (Å²) in [5.74, 6) is 0.634. The number of hydrogen-bond donors (Lipinski definition) is 1. The Morgan fingerprint density at radius 1 is 1.11 bits per heavy atom. The molecule has 2 aromatic heterocycles. The Morgan fingerprint density at radius 3 is 2.67 bits per heavy atom. The summed E-state index contributed by atoms with van der Waals surface area (Å²) >= 11 is 0. The monoisotopic (exact) mass is 364 g/mol. The molecule has 1 aromatic carbocycles. The number of amides is 2. The highest BCUT2D eigenvalue weighted by Gasteiger charge is 2.24. The van der Waals surface area contributed by atoms with Crippen LogP contribution in [0.15, 0.2) is 52.9 Å². The molecular formula is C20H20N4O3. The Hall–Kier alpha value is -3.35. The maximum atomic E-state index is 12.7. The highest BCUT2D eigenvalue weighted by atomic mass is 16.3. The second-order valence-electron chi connectivity index (χ2n) is 6.55. The zero-order chi connectivity index (χ0) is 18.8. The fraction of sp³-hybridized carbons (Fsp3) is 0.250. The van der Waals surface area contributed by atoms with Crippen molar-refractivity contribution in [3.8, 4) is 0 Å². The van der Waals surface area contributed by atoms with E-state index in [2.05, 4.69) is 10.4 Å². The van der Waals surface area contributed by atoms with Crippen molar-refractivity contribution in [2.24, 2.45) is 0 Å². The van der Waals surface area contributed by atoms with Gasteiger partial charge in [0.25, 0.3) is 11.8 Å². The third-order valence-corrected chi connectivity index (χ3v) is 4.52. The van der Waals surface area contributed by atoms with Crippen molar-refractivity contribution in [3.63, 3.8) is 0 Å². The molecule has 0 radical (unpaired) electrons. The minimum Gasteiger partial charge on any atom is -0.456 e. The lowest BCUT2D eigenvalue weighted by molar-refractivity contribution is 0.0712. The summed E-state index contributed by atoms with van der Waals surface area (Å²) in [6.45, 7) is 3.48. The molecule has 0 spiro atoms. The number of carbonyl (C=O) groups is 2. The minimum atomic E-state index is -0.263. The zero-order valence-corrected chi connectivity index (χ0v) is 15.0. The largest absolute Gasteiger partial charge is 0.456 e. The Morgan fingerprint density at radius 2 is 1.93 bits per heavy atom. The summed E-state index contributed by atoms with van der Waals surface area (Å²) in [6.07, 6.45) is 0.764. The van der Waals surface area contributed by atoms with Crippen LogP contribution in [0, 0.1) is 6.92 Å². The first-order chi connectivity index (χ1) is 13.1. The highest BCUT2D eigenvalue weighted by Crippen LogP contribution is 2.18. The third-order valence-electron chi connectivity index (χ3n) is 4.52. The van der Waals surface area contributed by atoms with E-state index in [9.17, 15) is 9.59 Å². The van der Waals surface area contributed by atoms with E-state index in [0.717, 1.165) is 17.8 Å². The van der Waals surface area contributed by atoms with Gasteiger partial charge in [-0.2, -0.15) is 5.10 Å². The van der Waals surface area contributed by atoms with E-state index < -0.39 is 0 Å². The molecule has 7 nitrogen and oxygen atoms in total. The molecule has 0 unspecified atom stereocenters. The van der Waals surface area contributed by atoms with Gasteiger partial charge in [-0.1, -0.05) is 18.2 Å². The van der Waals surface area contributed by atoms with Crippen LogP contribution in [0.3, 0.4) is 0 Å². The number of rotatable bonds is 3. The van der Waals surface area contributed by atoms with Gasteiger partial charge in [-0.15, -0.1) is 0 Å². The SMILES string of the molecule is Cc1ccc(C(=O)N2CCCn3nc(C(=O)Nc4ccccc4)cc3C2)o1. The van der Waals surface area contributed by atoms with Crippen molar-refractivity contribution in [1.29, 1.82) is 0 Å². The number of aryl methyl sites for hydroxylation is 2.